The number of likely N-dealkylation sites (N-methyl/N-ethyl adjacent to an activating group) is 1. The van der Waals surface area contributed by atoms with E-state index in [9.17, 15) is 19.5 Å². The maximum absolute atomic E-state index is 12.9. The van der Waals surface area contributed by atoms with E-state index in [4.69, 9.17) is 18.9 Å². The second kappa shape index (κ2) is 69.3. The number of esters is 2. The highest BCUT2D eigenvalue weighted by atomic mass is 16.7. The van der Waals surface area contributed by atoms with Gasteiger partial charge < -0.3 is 33.3 Å². The highest BCUT2D eigenvalue weighted by Gasteiger charge is 2.22. The number of nitrogens with zero attached hydrogens (tertiary/aromatic N) is 1. The minimum Gasteiger partial charge on any atom is -0.545 e. The molecule has 0 aromatic carbocycles. The first-order chi connectivity index (χ1) is 43.6. The minimum atomic E-state index is -1.63. The zero-order valence-corrected chi connectivity index (χ0v) is 58.0. The number of carboxylic acids is 1. The molecule has 0 bridgehead atoms. The molecule has 0 aliphatic rings. The van der Waals surface area contributed by atoms with Gasteiger partial charge in [-0.15, -0.1) is 0 Å². The average Bonchev–Trinajstić information content (AvgIpc) is 3.64. The van der Waals surface area contributed by atoms with Crippen molar-refractivity contribution in [2.45, 2.75) is 309 Å². The van der Waals surface area contributed by atoms with Gasteiger partial charge in [-0.25, -0.2) is 0 Å². The van der Waals surface area contributed by atoms with Crippen molar-refractivity contribution in [3.63, 3.8) is 0 Å². The molecule has 2 unspecified atom stereocenters. The number of hydrogen-bond acceptors (Lipinski definition) is 8. The van der Waals surface area contributed by atoms with Gasteiger partial charge in [-0.1, -0.05) is 308 Å². The Morgan fingerprint density at radius 1 is 0.337 bits per heavy atom. The summed E-state index contributed by atoms with van der Waals surface area (Å²) >= 11 is 0. The van der Waals surface area contributed by atoms with E-state index in [0.29, 0.717) is 17.4 Å². The summed E-state index contributed by atoms with van der Waals surface area (Å²) in [5, 5.41) is 11.8. The first-order valence-electron chi connectivity index (χ1n) is 36.3. The van der Waals surface area contributed by atoms with Crippen LogP contribution in [0.4, 0.5) is 0 Å². The summed E-state index contributed by atoms with van der Waals surface area (Å²) in [4.78, 5) is 37.5. The van der Waals surface area contributed by atoms with E-state index < -0.39 is 24.3 Å². The number of carboxylic acid groups (broad SMARTS) is 1. The number of rotatable bonds is 66. The lowest BCUT2D eigenvalue weighted by molar-refractivity contribution is -0.870. The number of hydrogen-bond donors (Lipinski definition) is 0. The van der Waals surface area contributed by atoms with E-state index in [1.165, 1.54) is 154 Å². The molecule has 0 amide bonds. The van der Waals surface area contributed by atoms with Crippen LogP contribution in [0.1, 0.15) is 296 Å². The minimum absolute atomic E-state index is 0.143. The maximum Gasteiger partial charge on any atom is 0.306 e. The van der Waals surface area contributed by atoms with E-state index in [1.807, 2.05) is 21.1 Å². The summed E-state index contributed by atoms with van der Waals surface area (Å²) in [6.07, 6.45) is 96.8. The second-order valence-electron chi connectivity index (χ2n) is 25.1. The Morgan fingerprint density at radius 2 is 0.607 bits per heavy atom. The van der Waals surface area contributed by atoms with Gasteiger partial charge in [-0.05, 0) is 109 Å². The van der Waals surface area contributed by atoms with Gasteiger partial charge in [0.05, 0.1) is 40.3 Å². The molecular weight excluding hydrogens is 1100 g/mol. The van der Waals surface area contributed by atoms with E-state index in [1.54, 1.807) is 0 Å². The van der Waals surface area contributed by atoms with Crippen molar-refractivity contribution in [2.75, 3.05) is 47.5 Å². The normalized spacial score (nSPS) is 13.5. The van der Waals surface area contributed by atoms with Crippen LogP contribution in [0.15, 0.2) is 134 Å². The molecule has 0 aromatic heterocycles. The average molecular weight is 1240 g/mol. The molecule has 0 saturated heterocycles. The summed E-state index contributed by atoms with van der Waals surface area (Å²) in [7, 11) is 5.93. The van der Waals surface area contributed by atoms with E-state index in [2.05, 4.69) is 148 Å². The van der Waals surface area contributed by atoms with Gasteiger partial charge in [0.25, 0.3) is 0 Å². The number of aliphatic carboxylic acids is 1. The van der Waals surface area contributed by atoms with Crippen molar-refractivity contribution in [3.05, 3.63) is 134 Å². The molecule has 2 atom stereocenters. The molecule has 89 heavy (non-hydrogen) atoms. The summed E-state index contributed by atoms with van der Waals surface area (Å²) in [5.41, 5.74) is 0. The first-order valence-corrected chi connectivity index (χ1v) is 36.3. The number of quaternary nitrogens is 1. The molecule has 0 aliphatic carbocycles. The lowest BCUT2D eigenvalue weighted by atomic mass is 10.0. The van der Waals surface area contributed by atoms with Gasteiger partial charge in [-0.2, -0.15) is 0 Å². The largest absolute Gasteiger partial charge is 0.545 e. The standard InChI is InChI=1S/C80H135NO8/c1-6-8-10-12-14-16-18-20-22-24-26-28-30-32-34-36-38-39-41-42-44-46-48-50-52-54-56-58-60-62-64-66-68-70-77(82)87-74-76(75-88-80(79(84)85)86-73-72-81(3,4)5)89-78(83)71-69-67-65-63-61-59-57-55-53-51-49-47-45-43-40-37-35-33-31-29-27-25-23-21-19-17-15-13-11-9-7-2/h8-11,14-17,20-23,26-29,32-35,40,43,76,80H,6-7,12-13,18-19,24-25,30-31,36-39,41-42,44-75H2,1-5H3/b10-8-,11-9-,16-14-,17-15-,22-20-,23-21-,28-26-,29-27-,34-32-,35-33-,43-40-. The van der Waals surface area contributed by atoms with Gasteiger partial charge in [0.1, 0.15) is 13.2 Å². The number of carbonyl (C=O) groups excluding carboxylic acids is 3. The van der Waals surface area contributed by atoms with Gasteiger partial charge in [0.2, 0.25) is 0 Å². The van der Waals surface area contributed by atoms with Crippen molar-refractivity contribution in [2.24, 2.45) is 0 Å². The van der Waals surface area contributed by atoms with Crippen LogP contribution in [0.25, 0.3) is 0 Å². The van der Waals surface area contributed by atoms with E-state index in [-0.39, 0.29) is 38.6 Å². The molecule has 0 heterocycles. The van der Waals surface area contributed by atoms with Crippen molar-refractivity contribution in [1.29, 1.82) is 0 Å². The third kappa shape index (κ3) is 70.7. The van der Waals surface area contributed by atoms with Crippen LogP contribution >= 0.6 is 0 Å². The van der Waals surface area contributed by atoms with Crippen molar-refractivity contribution in [1.82, 2.24) is 0 Å². The lowest BCUT2D eigenvalue weighted by Crippen LogP contribution is -2.44. The van der Waals surface area contributed by atoms with Crippen molar-refractivity contribution < 1.29 is 42.9 Å². The van der Waals surface area contributed by atoms with Crippen LogP contribution in [0.2, 0.25) is 0 Å². The van der Waals surface area contributed by atoms with Crippen molar-refractivity contribution in [3.8, 4) is 0 Å². The summed E-state index contributed by atoms with van der Waals surface area (Å²) < 4.78 is 22.8. The van der Waals surface area contributed by atoms with Crippen LogP contribution in [0.5, 0.6) is 0 Å². The number of carbonyl (C=O) groups is 3. The van der Waals surface area contributed by atoms with E-state index in [0.717, 1.165) is 109 Å². The molecule has 0 aliphatic heterocycles. The third-order valence-corrected chi connectivity index (χ3v) is 15.4. The van der Waals surface area contributed by atoms with Gasteiger partial charge >= 0.3 is 11.9 Å². The number of allylic oxidation sites excluding steroid dienone is 22. The van der Waals surface area contributed by atoms with Gasteiger partial charge in [0.15, 0.2) is 12.4 Å². The smallest absolute Gasteiger partial charge is 0.306 e. The highest BCUT2D eigenvalue weighted by molar-refractivity contribution is 5.70. The monoisotopic (exact) mass is 1240 g/mol. The predicted molar refractivity (Wildman–Crippen MR) is 379 cm³/mol. The molecule has 9 nitrogen and oxygen atoms in total. The van der Waals surface area contributed by atoms with Gasteiger partial charge in [0, 0.05) is 12.8 Å². The Kier molecular flexibility index (Phi) is 65.8. The molecule has 0 radical (unpaired) electrons. The molecule has 9 heteroatoms. The maximum atomic E-state index is 12.9. The molecule has 0 spiro atoms. The Bertz CT molecular complexity index is 1930. The molecule has 0 N–H and O–H groups in total. The quantitative estimate of drug-likeness (QED) is 0.0195. The topological polar surface area (TPSA) is 111 Å². The van der Waals surface area contributed by atoms with Crippen molar-refractivity contribution >= 4 is 17.9 Å². The van der Waals surface area contributed by atoms with Crippen LogP contribution < -0.4 is 5.11 Å². The fourth-order valence-electron chi connectivity index (χ4n) is 9.92. The molecule has 0 fully saturated rings. The summed E-state index contributed by atoms with van der Waals surface area (Å²) in [5.74, 6) is -2.28. The summed E-state index contributed by atoms with van der Waals surface area (Å²) in [6, 6.07) is 0. The predicted octanol–water partition coefficient (Wildman–Crippen LogP) is 21.6. The molecule has 508 valence electrons. The highest BCUT2D eigenvalue weighted by Crippen LogP contribution is 2.17. The van der Waals surface area contributed by atoms with Crippen LogP contribution in [-0.4, -0.2) is 82.3 Å². The van der Waals surface area contributed by atoms with Crippen LogP contribution in [0.3, 0.4) is 0 Å². The zero-order chi connectivity index (χ0) is 64.7. The second-order valence-corrected chi connectivity index (χ2v) is 25.1. The number of ether oxygens (including phenoxy) is 4. The summed E-state index contributed by atoms with van der Waals surface area (Å²) in [6.45, 7) is 4.54. The fraction of sp³-hybridized carbons (Fsp3) is 0.688. The lowest BCUT2D eigenvalue weighted by Gasteiger charge is -2.26. The third-order valence-electron chi connectivity index (χ3n) is 15.4. The molecule has 0 aromatic rings. The van der Waals surface area contributed by atoms with Crippen LogP contribution in [0, 0.1) is 0 Å². The number of unbranched alkanes of at least 4 members (excludes halogenated alkanes) is 29. The first kappa shape index (κ1) is 84.4. The Morgan fingerprint density at radius 3 is 0.899 bits per heavy atom. The zero-order valence-electron chi connectivity index (χ0n) is 58.0. The van der Waals surface area contributed by atoms with Gasteiger partial charge in [-0.3, -0.25) is 9.59 Å². The molecule has 0 rings (SSSR count). The SMILES string of the molecule is CC/C=C\C/C=C\C/C=C\C/C=C\C/C=C\C/C=C\CCCCCCCCCCCCCCC(=O)OC(COC(=O)CCCCCCCCCCCCCCCCCCC/C=C\C/C=C\C/C=C\C/C=C\C/C=C\CC)COC(OCC[N+](C)(C)C)C(=O)[O-]. The Balaban J connectivity index is 4.11. The Labute approximate surface area is 548 Å². The molecular formula is C80H135NO8. The van der Waals surface area contributed by atoms with Crippen LogP contribution in [-0.2, 0) is 33.3 Å². The van der Waals surface area contributed by atoms with E-state index >= 15 is 0 Å². The Hall–Kier alpha value is -4.57. The molecule has 0 saturated carbocycles. The fourth-order valence-corrected chi connectivity index (χ4v) is 9.92.